The highest BCUT2D eigenvalue weighted by atomic mass is 32.2. The first kappa shape index (κ1) is 16.7. The zero-order valence-electron chi connectivity index (χ0n) is 11.9. The van der Waals surface area contributed by atoms with Crippen molar-refractivity contribution in [3.05, 3.63) is 35.4 Å². The molecule has 0 amide bonds. The Morgan fingerprint density at radius 3 is 2.50 bits per heavy atom. The highest BCUT2D eigenvalue weighted by molar-refractivity contribution is 7.89. The number of rotatable bonds is 8. The Labute approximate surface area is 120 Å². The Morgan fingerprint density at radius 2 is 1.95 bits per heavy atom. The number of carboxylic acid groups (broad SMARTS) is 1. The van der Waals surface area contributed by atoms with Crippen LogP contribution in [-0.2, 0) is 21.4 Å². The highest BCUT2D eigenvalue weighted by Gasteiger charge is 2.21. The topological polar surface area (TPSA) is 74.7 Å². The van der Waals surface area contributed by atoms with Crippen LogP contribution >= 0.6 is 0 Å². The minimum atomic E-state index is -3.41. The second-order valence-corrected chi connectivity index (χ2v) is 6.75. The van der Waals surface area contributed by atoms with E-state index in [9.17, 15) is 13.2 Å². The third-order valence-electron chi connectivity index (χ3n) is 3.15. The van der Waals surface area contributed by atoms with Gasteiger partial charge in [-0.3, -0.25) is 4.79 Å². The molecule has 1 N–H and O–H groups in total. The van der Waals surface area contributed by atoms with Gasteiger partial charge in [-0.1, -0.05) is 31.2 Å². The van der Waals surface area contributed by atoms with Crippen molar-refractivity contribution in [3.63, 3.8) is 0 Å². The van der Waals surface area contributed by atoms with E-state index < -0.39 is 16.0 Å². The average Bonchev–Trinajstić information content (AvgIpc) is 2.36. The summed E-state index contributed by atoms with van der Waals surface area (Å²) in [4.78, 5) is 10.5. The van der Waals surface area contributed by atoms with Gasteiger partial charge in [0.1, 0.15) is 0 Å². The zero-order valence-corrected chi connectivity index (χ0v) is 12.7. The summed E-state index contributed by atoms with van der Waals surface area (Å²) in [7, 11) is -3.41. The van der Waals surface area contributed by atoms with Crippen LogP contribution in [0.3, 0.4) is 0 Å². The summed E-state index contributed by atoms with van der Waals surface area (Å²) < 4.78 is 25.8. The molecule has 1 aromatic carbocycles. The first-order valence-corrected chi connectivity index (χ1v) is 8.22. The summed E-state index contributed by atoms with van der Waals surface area (Å²) in [6.45, 7) is 4.44. The molecule has 0 bridgehead atoms. The lowest BCUT2D eigenvalue weighted by Crippen LogP contribution is -2.32. The van der Waals surface area contributed by atoms with Crippen LogP contribution in [0.5, 0.6) is 0 Å². The van der Waals surface area contributed by atoms with Crippen LogP contribution in [0.4, 0.5) is 0 Å². The molecule has 112 valence electrons. The number of hydrogen-bond acceptors (Lipinski definition) is 3. The smallest absolute Gasteiger partial charge is 0.303 e. The van der Waals surface area contributed by atoms with E-state index in [0.29, 0.717) is 13.1 Å². The van der Waals surface area contributed by atoms with E-state index in [1.807, 2.05) is 31.2 Å². The molecule has 0 radical (unpaired) electrons. The van der Waals surface area contributed by atoms with Crippen molar-refractivity contribution in [1.29, 1.82) is 0 Å². The summed E-state index contributed by atoms with van der Waals surface area (Å²) in [5.74, 6) is -1.10. The third kappa shape index (κ3) is 4.94. The van der Waals surface area contributed by atoms with Crippen molar-refractivity contribution in [2.45, 2.75) is 33.2 Å². The molecule has 1 aromatic rings. The Morgan fingerprint density at radius 1 is 1.30 bits per heavy atom. The van der Waals surface area contributed by atoms with Crippen molar-refractivity contribution in [3.8, 4) is 0 Å². The maximum Gasteiger partial charge on any atom is 0.303 e. The van der Waals surface area contributed by atoms with Gasteiger partial charge in [-0.25, -0.2) is 8.42 Å². The Hall–Kier alpha value is -1.40. The minimum absolute atomic E-state index is 0.124. The van der Waals surface area contributed by atoms with Crippen LogP contribution < -0.4 is 0 Å². The molecule has 0 unspecified atom stereocenters. The number of carbonyl (C=O) groups is 1. The molecule has 0 fully saturated rings. The van der Waals surface area contributed by atoms with Crippen LogP contribution in [0.1, 0.15) is 30.9 Å². The molecule has 0 aromatic heterocycles. The van der Waals surface area contributed by atoms with E-state index in [1.165, 1.54) is 4.31 Å². The van der Waals surface area contributed by atoms with Gasteiger partial charge in [0.05, 0.1) is 5.75 Å². The van der Waals surface area contributed by atoms with Gasteiger partial charge < -0.3 is 5.11 Å². The van der Waals surface area contributed by atoms with E-state index in [0.717, 1.165) is 11.1 Å². The van der Waals surface area contributed by atoms with E-state index in [-0.39, 0.29) is 18.6 Å². The van der Waals surface area contributed by atoms with Crippen LogP contribution in [0.2, 0.25) is 0 Å². The predicted octanol–water partition coefficient (Wildman–Crippen LogP) is 2.01. The van der Waals surface area contributed by atoms with Gasteiger partial charge in [0.2, 0.25) is 10.0 Å². The van der Waals surface area contributed by atoms with Gasteiger partial charge in [0, 0.05) is 19.5 Å². The summed E-state index contributed by atoms with van der Waals surface area (Å²) in [6, 6.07) is 7.65. The van der Waals surface area contributed by atoms with Gasteiger partial charge in [-0.05, 0) is 24.5 Å². The zero-order chi connectivity index (χ0) is 15.2. The predicted molar refractivity (Wildman–Crippen MR) is 77.9 cm³/mol. The molecule has 0 aliphatic carbocycles. The molecule has 0 spiro atoms. The number of hydrogen-bond donors (Lipinski definition) is 1. The van der Waals surface area contributed by atoms with Gasteiger partial charge in [-0.15, -0.1) is 0 Å². The van der Waals surface area contributed by atoms with Gasteiger partial charge in [0.15, 0.2) is 0 Å². The van der Waals surface area contributed by atoms with Gasteiger partial charge >= 0.3 is 5.97 Å². The van der Waals surface area contributed by atoms with Crippen molar-refractivity contribution < 1.29 is 18.3 Å². The minimum Gasteiger partial charge on any atom is -0.481 e. The van der Waals surface area contributed by atoms with Crippen LogP contribution in [-0.4, -0.2) is 36.1 Å². The second kappa shape index (κ2) is 7.40. The monoisotopic (exact) mass is 299 g/mol. The van der Waals surface area contributed by atoms with Crippen molar-refractivity contribution in [1.82, 2.24) is 4.31 Å². The number of nitrogens with zero attached hydrogens (tertiary/aromatic N) is 1. The molecule has 0 aliphatic heterocycles. The van der Waals surface area contributed by atoms with Crippen LogP contribution in [0.15, 0.2) is 24.3 Å². The third-order valence-corrected chi connectivity index (χ3v) is 5.13. The summed E-state index contributed by atoms with van der Waals surface area (Å²) in [6.07, 6.45) is 0.0170. The molecule has 0 aliphatic rings. The molecule has 1 rings (SSSR count). The molecule has 20 heavy (non-hydrogen) atoms. The Kier molecular flexibility index (Phi) is 6.16. The van der Waals surface area contributed by atoms with E-state index in [4.69, 9.17) is 5.11 Å². The molecule has 0 heterocycles. The first-order valence-electron chi connectivity index (χ1n) is 6.61. The summed E-state index contributed by atoms with van der Waals surface area (Å²) in [5, 5.41) is 8.57. The number of carboxylic acids is 1. The average molecular weight is 299 g/mol. The fourth-order valence-electron chi connectivity index (χ4n) is 1.92. The molecule has 0 atom stereocenters. The van der Waals surface area contributed by atoms with E-state index >= 15 is 0 Å². The normalized spacial score (nSPS) is 11.8. The molecule has 0 saturated carbocycles. The summed E-state index contributed by atoms with van der Waals surface area (Å²) in [5.41, 5.74) is 2.02. The van der Waals surface area contributed by atoms with Crippen molar-refractivity contribution in [2.24, 2.45) is 0 Å². The molecule has 0 saturated heterocycles. The number of aryl methyl sites for hydroxylation is 1. The maximum atomic E-state index is 12.2. The van der Waals surface area contributed by atoms with E-state index in [1.54, 1.807) is 6.92 Å². The van der Waals surface area contributed by atoms with Crippen LogP contribution in [0.25, 0.3) is 0 Å². The number of sulfonamides is 1. The number of benzene rings is 1. The molecular formula is C14H21NO4S. The van der Waals surface area contributed by atoms with Crippen LogP contribution in [0, 0.1) is 6.92 Å². The van der Waals surface area contributed by atoms with Crippen molar-refractivity contribution in [2.75, 3.05) is 12.3 Å². The maximum absolute atomic E-state index is 12.2. The molecule has 6 heteroatoms. The molecular weight excluding hydrogens is 278 g/mol. The standard InChI is InChI=1S/C14H21NO4S/c1-3-15(11-13-8-5-4-7-12(13)2)20(18,19)10-6-9-14(16)17/h4-5,7-8H,3,6,9-11H2,1-2H3,(H,16,17). The fourth-order valence-corrected chi connectivity index (χ4v) is 3.42. The fraction of sp³-hybridized carbons (Fsp3) is 0.500. The second-order valence-electron chi connectivity index (χ2n) is 4.67. The SMILES string of the molecule is CCN(Cc1ccccc1C)S(=O)(=O)CCCC(=O)O. The summed E-state index contributed by atoms with van der Waals surface area (Å²) >= 11 is 0. The number of aliphatic carboxylic acids is 1. The van der Waals surface area contributed by atoms with Gasteiger partial charge in [-0.2, -0.15) is 4.31 Å². The lowest BCUT2D eigenvalue weighted by Gasteiger charge is -2.21. The highest BCUT2D eigenvalue weighted by Crippen LogP contribution is 2.14. The lowest BCUT2D eigenvalue weighted by atomic mass is 10.1. The lowest BCUT2D eigenvalue weighted by molar-refractivity contribution is -0.137. The largest absolute Gasteiger partial charge is 0.481 e. The van der Waals surface area contributed by atoms with E-state index in [2.05, 4.69) is 0 Å². The quantitative estimate of drug-likeness (QED) is 0.797. The van der Waals surface area contributed by atoms with Crippen molar-refractivity contribution >= 4 is 16.0 Å². The first-order chi connectivity index (χ1) is 9.36. The van der Waals surface area contributed by atoms with Gasteiger partial charge in [0.25, 0.3) is 0 Å². The molecule has 5 nitrogen and oxygen atoms in total. The Balaban J connectivity index is 2.74. The Bertz CT molecular complexity index is 554.